The smallest absolute Gasteiger partial charge is 0.191 e. The Morgan fingerprint density at radius 1 is 1.13 bits per heavy atom. The monoisotopic (exact) mass is 410 g/mol. The van der Waals surface area contributed by atoms with Gasteiger partial charge >= 0.3 is 0 Å². The standard InChI is InChI=1S/C24H34N4O2/c1-19-5-4-6-21(17-19)23(28-13-15-30-16-14-28)18-27-24(25-2)26-12-11-20-7-9-22(29-3)10-8-20/h4-10,17,23H,11-16,18H2,1-3H3,(H2,25,26,27). The van der Waals surface area contributed by atoms with Crippen molar-refractivity contribution in [3.8, 4) is 5.75 Å². The number of guanidine groups is 1. The zero-order valence-electron chi connectivity index (χ0n) is 18.4. The molecule has 6 heteroatoms. The predicted octanol–water partition coefficient (Wildman–Crippen LogP) is 2.78. The molecule has 1 atom stereocenters. The van der Waals surface area contributed by atoms with Crippen LogP contribution in [0, 0.1) is 6.92 Å². The minimum absolute atomic E-state index is 0.286. The van der Waals surface area contributed by atoms with E-state index in [2.05, 4.69) is 63.8 Å². The fourth-order valence-corrected chi connectivity index (χ4v) is 3.76. The van der Waals surface area contributed by atoms with Crippen LogP contribution in [0.5, 0.6) is 5.75 Å². The van der Waals surface area contributed by atoms with Gasteiger partial charge in [0.1, 0.15) is 5.75 Å². The van der Waals surface area contributed by atoms with Crippen molar-refractivity contribution in [1.82, 2.24) is 15.5 Å². The highest BCUT2D eigenvalue weighted by molar-refractivity contribution is 5.79. The molecule has 1 heterocycles. The Bertz CT molecular complexity index is 801. The zero-order valence-corrected chi connectivity index (χ0v) is 18.4. The molecule has 0 aromatic heterocycles. The van der Waals surface area contributed by atoms with E-state index in [9.17, 15) is 0 Å². The van der Waals surface area contributed by atoms with Gasteiger partial charge in [0.05, 0.1) is 26.4 Å². The van der Waals surface area contributed by atoms with Crippen LogP contribution in [0.3, 0.4) is 0 Å². The molecule has 0 radical (unpaired) electrons. The summed E-state index contributed by atoms with van der Waals surface area (Å²) in [4.78, 5) is 6.90. The first-order chi connectivity index (χ1) is 14.7. The van der Waals surface area contributed by atoms with Crippen LogP contribution >= 0.6 is 0 Å². The first-order valence-electron chi connectivity index (χ1n) is 10.7. The summed E-state index contributed by atoms with van der Waals surface area (Å²) >= 11 is 0. The number of rotatable bonds is 8. The molecule has 30 heavy (non-hydrogen) atoms. The largest absolute Gasteiger partial charge is 0.497 e. The highest BCUT2D eigenvalue weighted by Gasteiger charge is 2.23. The SMILES string of the molecule is CN=C(NCCc1ccc(OC)cc1)NCC(c1cccc(C)c1)N1CCOCC1. The molecule has 1 unspecified atom stereocenters. The molecular formula is C24H34N4O2. The van der Waals surface area contributed by atoms with Gasteiger partial charge in [-0.05, 0) is 36.6 Å². The van der Waals surface area contributed by atoms with Crippen molar-refractivity contribution in [3.05, 3.63) is 65.2 Å². The summed E-state index contributed by atoms with van der Waals surface area (Å²) in [7, 11) is 3.51. The van der Waals surface area contributed by atoms with Crippen molar-refractivity contribution >= 4 is 5.96 Å². The lowest BCUT2D eigenvalue weighted by atomic mass is 10.0. The topological polar surface area (TPSA) is 58.1 Å². The second-order valence-corrected chi connectivity index (χ2v) is 7.56. The lowest BCUT2D eigenvalue weighted by Crippen LogP contribution is -2.46. The van der Waals surface area contributed by atoms with Crippen LogP contribution in [0.2, 0.25) is 0 Å². The third-order valence-corrected chi connectivity index (χ3v) is 5.46. The number of ether oxygens (including phenoxy) is 2. The van der Waals surface area contributed by atoms with Crippen molar-refractivity contribution in [2.24, 2.45) is 4.99 Å². The van der Waals surface area contributed by atoms with Crippen molar-refractivity contribution in [2.75, 3.05) is 53.6 Å². The zero-order chi connectivity index (χ0) is 21.2. The van der Waals surface area contributed by atoms with Gasteiger partial charge in [0.2, 0.25) is 0 Å². The van der Waals surface area contributed by atoms with Gasteiger partial charge in [-0.2, -0.15) is 0 Å². The number of hydrogen-bond donors (Lipinski definition) is 2. The van der Waals surface area contributed by atoms with E-state index in [1.807, 2.05) is 19.2 Å². The highest BCUT2D eigenvalue weighted by atomic mass is 16.5. The number of benzene rings is 2. The van der Waals surface area contributed by atoms with Gasteiger partial charge in [-0.3, -0.25) is 9.89 Å². The minimum Gasteiger partial charge on any atom is -0.497 e. The molecule has 0 spiro atoms. The van der Waals surface area contributed by atoms with Crippen LogP contribution in [0.4, 0.5) is 0 Å². The van der Waals surface area contributed by atoms with E-state index in [-0.39, 0.29) is 6.04 Å². The Kier molecular flexibility index (Phi) is 8.53. The predicted molar refractivity (Wildman–Crippen MR) is 122 cm³/mol. The molecule has 0 bridgehead atoms. The molecule has 0 aliphatic carbocycles. The van der Waals surface area contributed by atoms with Gasteiger partial charge in [-0.15, -0.1) is 0 Å². The van der Waals surface area contributed by atoms with Gasteiger partial charge in [0.25, 0.3) is 0 Å². The first-order valence-corrected chi connectivity index (χ1v) is 10.7. The summed E-state index contributed by atoms with van der Waals surface area (Å²) in [5.41, 5.74) is 3.88. The first kappa shape index (κ1) is 22.1. The van der Waals surface area contributed by atoms with Gasteiger partial charge in [0, 0.05) is 33.2 Å². The van der Waals surface area contributed by atoms with E-state index in [1.54, 1.807) is 7.11 Å². The molecule has 0 amide bonds. The third kappa shape index (κ3) is 6.47. The molecule has 2 aromatic rings. The summed E-state index contributed by atoms with van der Waals surface area (Å²) in [6.07, 6.45) is 0.926. The van der Waals surface area contributed by atoms with Crippen LogP contribution in [0.15, 0.2) is 53.5 Å². The minimum atomic E-state index is 0.286. The fourth-order valence-electron chi connectivity index (χ4n) is 3.76. The van der Waals surface area contributed by atoms with Crippen LogP contribution in [-0.4, -0.2) is 64.4 Å². The maximum atomic E-state index is 5.56. The van der Waals surface area contributed by atoms with E-state index in [1.165, 1.54) is 16.7 Å². The van der Waals surface area contributed by atoms with Gasteiger partial charge in [0.15, 0.2) is 5.96 Å². The molecule has 162 valence electrons. The second-order valence-electron chi connectivity index (χ2n) is 7.56. The molecule has 0 saturated carbocycles. The fraction of sp³-hybridized carbons (Fsp3) is 0.458. The lowest BCUT2D eigenvalue weighted by Gasteiger charge is -2.35. The van der Waals surface area contributed by atoms with Crippen molar-refractivity contribution in [2.45, 2.75) is 19.4 Å². The molecule has 6 nitrogen and oxygen atoms in total. The molecule has 3 rings (SSSR count). The van der Waals surface area contributed by atoms with Crippen molar-refractivity contribution in [1.29, 1.82) is 0 Å². The Balaban J connectivity index is 1.55. The average molecular weight is 411 g/mol. The number of hydrogen-bond acceptors (Lipinski definition) is 4. The van der Waals surface area contributed by atoms with Gasteiger partial charge in [-0.25, -0.2) is 0 Å². The maximum Gasteiger partial charge on any atom is 0.191 e. The summed E-state index contributed by atoms with van der Waals surface area (Å²) in [6.45, 7) is 7.24. The molecule has 1 saturated heterocycles. The lowest BCUT2D eigenvalue weighted by molar-refractivity contribution is 0.0170. The van der Waals surface area contributed by atoms with Crippen molar-refractivity contribution in [3.63, 3.8) is 0 Å². The molecule has 2 aromatic carbocycles. The van der Waals surface area contributed by atoms with Crippen LogP contribution in [-0.2, 0) is 11.2 Å². The van der Waals surface area contributed by atoms with Crippen LogP contribution in [0.25, 0.3) is 0 Å². The summed E-state index contributed by atoms with van der Waals surface area (Å²) in [5.74, 6) is 1.71. The second kappa shape index (κ2) is 11.6. The van der Waals surface area contributed by atoms with E-state index in [4.69, 9.17) is 9.47 Å². The number of nitrogens with zero attached hydrogens (tertiary/aromatic N) is 2. The number of aliphatic imine (C=N–C) groups is 1. The molecule has 1 aliphatic rings. The molecular weight excluding hydrogens is 376 g/mol. The number of nitrogens with one attached hydrogen (secondary N) is 2. The summed E-state index contributed by atoms with van der Waals surface area (Å²) < 4.78 is 10.8. The summed E-state index contributed by atoms with van der Waals surface area (Å²) in [5, 5.41) is 6.96. The maximum absolute atomic E-state index is 5.56. The van der Waals surface area contributed by atoms with E-state index in [0.717, 1.165) is 57.5 Å². The Morgan fingerprint density at radius 3 is 2.57 bits per heavy atom. The Morgan fingerprint density at radius 2 is 1.90 bits per heavy atom. The Hall–Kier alpha value is -2.57. The van der Waals surface area contributed by atoms with Gasteiger partial charge < -0.3 is 20.1 Å². The third-order valence-electron chi connectivity index (χ3n) is 5.46. The molecule has 1 aliphatic heterocycles. The van der Waals surface area contributed by atoms with Gasteiger partial charge in [-0.1, -0.05) is 42.0 Å². The van der Waals surface area contributed by atoms with E-state index < -0.39 is 0 Å². The summed E-state index contributed by atoms with van der Waals surface area (Å²) in [6, 6.07) is 17.3. The highest BCUT2D eigenvalue weighted by Crippen LogP contribution is 2.22. The van der Waals surface area contributed by atoms with Crippen molar-refractivity contribution < 1.29 is 9.47 Å². The number of methoxy groups -OCH3 is 1. The van der Waals surface area contributed by atoms with E-state index in [0.29, 0.717) is 0 Å². The Labute approximate surface area is 180 Å². The number of morpholine rings is 1. The van der Waals surface area contributed by atoms with Crippen LogP contribution < -0.4 is 15.4 Å². The normalized spacial score (nSPS) is 16.2. The quantitative estimate of drug-likeness (QED) is 0.518. The molecule has 1 fully saturated rings. The number of aryl methyl sites for hydroxylation is 1. The van der Waals surface area contributed by atoms with E-state index >= 15 is 0 Å². The average Bonchev–Trinajstić information content (AvgIpc) is 2.79. The van der Waals surface area contributed by atoms with Crippen LogP contribution in [0.1, 0.15) is 22.7 Å². The molecule has 2 N–H and O–H groups in total.